The molecule has 0 aromatic rings. The molecule has 0 aliphatic carbocycles. The van der Waals surface area contributed by atoms with Gasteiger partial charge in [-0.15, -0.1) is 0 Å². The van der Waals surface area contributed by atoms with Gasteiger partial charge in [-0.3, -0.25) is 0 Å². The standard InChI is InChI=1S/C8H15O.Al/c1-2-3-4-5-6-7-8-9;/h2-7H2,1H3;. The summed E-state index contributed by atoms with van der Waals surface area (Å²) in [6.07, 6.45) is 6.90. The number of rotatable bonds is 6. The van der Waals surface area contributed by atoms with Crippen LogP contribution in [0.2, 0.25) is 0 Å². The van der Waals surface area contributed by atoms with E-state index in [9.17, 15) is 4.79 Å². The predicted molar refractivity (Wildman–Crippen MR) is 44.1 cm³/mol. The van der Waals surface area contributed by atoms with Crippen molar-refractivity contribution in [3.8, 4) is 0 Å². The van der Waals surface area contributed by atoms with Gasteiger partial charge in [0.15, 0.2) is 0 Å². The molecule has 10 heavy (non-hydrogen) atoms. The monoisotopic (exact) mass is 154 g/mol. The van der Waals surface area contributed by atoms with E-state index in [4.69, 9.17) is 0 Å². The lowest BCUT2D eigenvalue weighted by atomic mass is 10.1. The third-order valence-electron chi connectivity index (χ3n) is 1.53. The first-order valence-electron chi connectivity index (χ1n) is 4.05. The second kappa shape index (κ2) is 7.31. The van der Waals surface area contributed by atoms with E-state index in [1.165, 1.54) is 25.7 Å². The zero-order valence-corrected chi connectivity index (χ0v) is 7.88. The Morgan fingerprint density at radius 2 is 1.80 bits per heavy atom. The van der Waals surface area contributed by atoms with Crippen LogP contribution in [0.5, 0.6) is 0 Å². The maximum Gasteiger partial charge on any atom is 0.241 e. The van der Waals surface area contributed by atoms with Crippen molar-refractivity contribution in [1.82, 2.24) is 0 Å². The molecule has 0 amide bonds. The van der Waals surface area contributed by atoms with Crippen LogP contribution < -0.4 is 0 Å². The van der Waals surface area contributed by atoms with Crippen LogP contribution >= 0.6 is 0 Å². The first-order chi connectivity index (χ1) is 4.77. The summed E-state index contributed by atoms with van der Waals surface area (Å²) in [7, 11) is 0. The van der Waals surface area contributed by atoms with Crippen molar-refractivity contribution in [3.05, 3.63) is 0 Å². The highest BCUT2D eigenvalue weighted by Crippen LogP contribution is 2.04. The molecule has 0 saturated carbocycles. The zero-order valence-electron chi connectivity index (χ0n) is 6.73. The van der Waals surface area contributed by atoms with Crippen LogP contribution in [0.15, 0.2) is 0 Å². The Morgan fingerprint density at radius 1 is 1.20 bits per heavy atom. The van der Waals surface area contributed by atoms with Gasteiger partial charge in [0.1, 0.15) is 0 Å². The second-order valence-corrected chi connectivity index (χ2v) is 3.27. The molecule has 56 valence electrons. The van der Waals surface area contributed by atoms with E-state index in [1.807, 2.05) is 0 Å². The fourth-order valence-corrected chi connectivity index (χ4v) is 1.11. The van der Waals surface area contributed by atoms with Gasteiger partial charge in [-0.1, -0.05) is 32.6 Å². The molecular formula is C8H15AlO. The molecule has 2 radical (unpaired) electrons. The van der Waals surface area contributed by atoms with Crippen molar-refractivity contribution < 1.29 is 4.79 Å². The Hall–Kier alpha value is 0.202. The molecule has 0 rings (SSSR count). The molecule has 1 nitrogen and oxygen atoms in total. The normalized spacial score (nSPS) is 9.70. The highest BCUT2D eigenvalue weighted by Gasteiger charge is 1.91. The fourth-order valence-electron chi connectivity index (χ4n) is 0.903. The van der Waals surface area contributed by atoms with Gasteiger partial charge in [0.25, 0.3) is 0 Å². The molecular weight excluding hydrogens is 139 g/mol. The van der Waals surface area contributed by atoms with Crippen molar-refractivity contribution in [1.29, 1.82) is 0 Å². The first kappa shape index (κ1) is 10.2. The number of carbonyl (C=O) groups excluding carboxylic acids is 1. The molecule has 0 bridgehead atoms. The number of hydrogen-bond acceptors (Lipinski definition) is 1. The maximum atomic E-state index is 10.4. The molecule has 0 fully saturated rings. The maximum absolute atomic E-state index is 10.4. The lowest BCUT2D eigenvalue weighted by Gasteiger charge is -1.96. The SMILES string of the molecule is CCCCCCC[C](=O)[Al]. The van der Waals surface area contributed by atoms with Crippen LogP contribution in [0, 0.1) is 0 Å². The molecule has 0 aliphatic heterocycles. The largest absolute Gasteiger partial charge is 0.324 e. The third-order valence-corrected chi connectivity index (χ3v) is 1.82. The van der Waals surface area contributed by atoms with Gasteiger partial charge in [-0.2, -0.15) is 0 Å². The Balaban J connectivity index is 2.84. The van der Waals surface area contributed by atoms with Gasteiger partial charge < -0.3 is 4.79 Å². The fraction of sp³-hybridized carbons (Fsp3) is 0.875. The minimum Gasteiger partial charge on any atom is -0.324 e. The Bertz CT molecular complexity index is 91.3. The van der Waals surface area contributed by atoms with Crippen LogP contribution in [-0.4, -0.2) is 20.9 Å². The number of hydrogen-bond donors (Lipinski definition) is 0. The number of unbranched alkanes of at least 4 members (excludes halogenated alkanes) is 4. The van der Waals surface area contributed by atoms with E-state index < -0.39 is 0 Å². The van der Waals surface area contributed by atoms with Crippen molar-refractivity contribution in [3.63, 3.8) is 0 Å². The minimum atomic E-state index is 0.247. The molecule has 2 heteroatoms. The molecule has 0 spiro atoms. The van der Waals surface area contributed by atoms with Crippen LogP contribution in [0.3, 0.4) is 0 Å². The summed E-state index contributed by atoms with van der Waals surface area (Å²) in [6.45, 7) is 2.20. The molecule has 0 aromatic heterocycles. The third kappa shape index (κ3) is 8.20. The minimum absolute atomic E-state index is 0.247. The van der Waals surface area contributed by atoms with E-state index >= 15 is 0 Å². The number of carbonyl (C=O) groups is 1. The van der Waals surface area contributed by atoms with E-state index in [0.717, 1.165) is 12.8 Å². The quantitative estimate of drug-likeness (QED) is 0.422. The van der Waals surface area contributed by atoms with E-state index in [0.29, 0.717) is 0 Å². The average Bonchev–Trinajstić information content (AvgIpc) is 1.87. The van der Waals surface area contributed by atoms with Gasteiger partial charge in [-0.05, 0) is 12.8 Å². The lowest BCUT2D eigenvalue weighted by molar-refractivity contribution is -0.111. The molecule has 0 aromatic carbocycles. The molecule has 0 heterocycles. The van der Waals surface area contributed by atoms with E-state index in [1.54, 1.807) is 0 Å². The van der Waals surface area contributed by atoms with Crippen LogP contribution in [-0.2, 0) is 4.79 Å². The van der Waals surface area contributed by atoms with Gasteiger partial charge in [0, 0.05) is 4.65 Å². The van der Waals surface area contributed by atoms with Gasteiger partial charge in [-0.25, -0.2) is 0 Å². The first-order valence-corrected chi connectivity index (χ1v) is 4.63. The summed E-state index contributed by atoms with van der Waals surface area (Å²) in [5, 5.41) is 0. The molecule has 0 aliphatic rings. The Labute approximate surface area is 71.6 Å². The summed E-state index contributed by atoms with van der Waals surface area (Å²) in [6, 6.07) is 0. The lowest BCUT2D eigenvalue weighted by Crippen LogP contribution is -1.94. The summed E-state index contributed by atoms with van der Waals surface area (Å²) < 4.78 is 0.247. The molecule has 0 saturated heterocycles. The summed E-state index contributed by atoms with van der Waals surface area (Å²) in [5.41, 5.74) is 0. The summed E-state index contributed by atoms with van der Waals surface area (Å²) in [5.74, 6) is 0. The van der Waals surface area contributed by atoms with Crippen LogP contribution in [0.25, 0.3) is 0 Å². The van der Waals surface area contributed by atoms with E-state index in [2.05, 4.69) is 23.2 Å². The molecule has 0 atom stereocenters. The highest BCUT2D eigenvalue weighted by molar-refractivity contribution is 6.57. The highest BCUT2D eigenvalue weighted by atomic mass is 27.0. The Kier molecular flexibility index (Phi) is 7.46. The summed E-state index contributed by atoms with van der Waals surface area (Å²) in [4.78, 5) is 10.4. The van der Waals surface area contributed by atoms with Gasteiger partial charge in [0.2, 0.25) is 16.3 Å². The van der Waals surface area contributed by atoms with Gasteiger partial charge in [0.05, 0.1) is 0 Å². The van der Waals surface area contributed by atoms with Crippen LogP contribution in [0.1, 0.15) is 45.4 Å². The average molecular weight is 154 g/mol. The van der Waals surface area contributed by atoms with E-state index in [-0.39, 0.29) is 4.65 Å². The molecule has 0 N–H and O–H groups in total. The topological polar surface area (TPSA) is 17.1 Å². The summed E-state index contributed by atoms with van der Waals surface area (Å²) >= 11 is 2.22. The van der Waals surface area contributed by atoms with Crippen LogP contribution in [0.4, 0.5) is 0 Å². The smallest absolute Gasteiger partial charge is 0.241 e. The van der Waals surface area contributed by atoms with Gasteiger partial charge >= 0.3 is 0 Å². The molecule has 0 unspecified atom stereocenters. The van der Waals surface area contributed by atoms with Crippen molar-refractivity contribution >= 4 is 20.9 Å². The van der Waals surface area contributed by atoms with Crippen molar-refractivity contribution in [2.75, 3.05) is 0 Å². The van der Waals surface area contributed by atoms with Crippen molar-refractivity contribution in [2.45, 2.75) is 45.4 Å². The Morgan fingerprint density at radius 3 is 2.30 bits per heavy atom. The zero-order chi connectivity index (χ0) is 7.82. The van der Waals surface area contributed by atoms with Crippen molar-refractivity contribution in [2.24, 2.45) is 0 Å². The predicted octanol–water partition coefficient (Wildman–Crippen LogP) is 2.04. The second-order valence-electron chi connectivity index (χ2n) is 2.63.